The van der Waals surface area contributed by atoms with Crippen molar-refractivity contribution in [3.63, 3.8) is 0 Å². The van der Waals surface area contributed by atoms with E-state index in [-0.39, 0.29) is 5.76 Å². The van der Waals surface area contributed by atoms with Gasteiger partial charge in [0, 0.05) is 0 Å². The molecule has 0 saturated heterocycles. The summed E-state index contributed by atoms with van der Waals surface area (Å²) in [6.45, 7) is 1.46. The lowest BCUT2D eigenvalue weighted by atomic mass is 10.3. The lowest BCUT2D eigenvalue weighted by Gasteiger charge is -2.10. The van der Waals surface area contributed by atoms with Crippen LogP contribution in [0.15, 0.2) is 11.8 Å². The summed E-state index contributed by atoms with van der Waals surface area (Å²) in [6, 6.07) is -1.65. The van der Waals surface area contributed by atoms with E-state index in [1.165, 1.54) is 6.92 Å². The fourth-order valence-electron chi connectivity index (χ4n) is 0.620. The molecule has 0 aromatic heterocycles. The lowest BCUT2D eigenvalue weighted by Crippen LogP contribution is -2.36. The third-order valence-corrected chi connectivity index (χ3v) is 1.10. The molecule has 0 aromatic rings. The minimum atomic E-state index is -4.25. The molecule has 0 amide bonds. The molecule has 0 aliphatic carbocycles. The van der Waals surface area contributed by atoms with Gasteiger partial charge >= 0.3 is 6.18 Å². The summed E-state index contributed by atoms with van der Waals surface area (Å²) in [6.07, 6.45) is -3.27. The van der Waals surface area contributed by atoms with E-state index >= 15 is 0 Å². The van der Waals surface area contributed by atoms with Gasteiger partial charge in [-0.2, -0.15) is 13.2 Å². The number of hydroxylamine groups is 1. The minimum absolute atomic E-state index is 0.252. The summed E-state index contributed by atoms with van der Waals surface area (Å²) in [5.74, 6) is 0.252. The van der Waals surface area contributed by atoms with Crippen molar-refractivity contribution in [3.05, 3.63) is 11.8 Å². The van der Waals surface area contributed by atoms with Crippen LogP contribution in [0.5, 0.6) is 0 Å². The minimum Gasteiger partial charge on any atom is -0.413 e. The standard InChI is InChI=1S/C5H6F3NO/c1-3-2-4(9-10-3)5(6,7)8/h2,4,9H,1H3. The Kier molecular flexibility index (Phi) is 1.60. The topological polar surface area (TPSA) is 21.3 Å². The number of rotatable bonds is 0. The normalized spacial score (nSPS) is 26.0. The van der Waals surface area contributed by atoms with Gasteiger partial charge in [0.05, 0.1) is 0 Å². The predicted molar refractivity (Wildman–Crippen MR) is 27.8 cm³/mol. The van der Waals surface area contributed by atoms with Crippen LogP contribution in [0.3, 0.4) is 0 Å². The van der Waals surface area contributed by atoms with Crippen LogP contribution in [0.25, 0.3) is 0 Å². The van der Waals surface area contributed by atoms with Crippen molar-refractivity contribution in [2.45, 2.75) is 19.1 Å². The molecule has 0 spiro atoms. The van der Waals surface area contributed by atoms with Crippen LogP contribution in [-0.4, -0.2) is 12.2 Å². The number of halogens is 3. The Morgan fingerprint density at radius 1 is 1.60 bits per heavy atom. The molecular formula is C5H6F3NO. The van der Waals surface area contributed by atoms with Crippen molar-refractivity contribution in [1.29, 1.82) is 0 Å². The largest absolute Gasteiger partial charge is 0.413 e. The molecule has 0 bridgehead atoms. The Labute approximate surface area is 55.6 Å². The van der Waals surface area contributed by atoms with Gasteiger partial charge in [-0.1, -0.05) is 0 Å². The van der Waals surface area contributed by atoms with E-state index in [1.54, 1.807) is 0 Å². The highest BCUT2D eigenvalue weighted by Crippen LogP contribution is 2.24. The van der Waals surface area contributed by atoms with Crippen LogP contribution in [-0.2, 0) is 4.84 Å². The highest BCUT2D eigenvalue weighted by atomic mass is 19.4. The summed E-state index contributed by atoms with van der Waals surface area (Å²) in [5.41, 5.74) is 1.83. The Balaban J connectivity index is 2.61. The third kappa shape index (κ3) is 1.41. The second-order valence-corrected chi connectivity index (χ2v) is 2.02. The molecule has 0 radical (unpaired) electrons. The van der Waals surface area contributed by atoms with Crippen molar-refractivity contribution >= 4 is 0 Å². The monoisotopic (exact) mass is 153 g/mol. The van der Waals surface area contributed by atoms with Gasteiger partial charge in [-0.3, -0.25) is 0 Å². The van der Waals surface area contributed by atoms with Gasteiger partial charge in [0.15, 0.2) is 6.04 Å². The van der Waals surface area contributed by atoms with Gasteiger partial charge in [-0.25, -0.2) is 0 Å². The van der Waals surface area contributed by atoms with Crippen molar-refractivity contribution in [2.24, 2.45) is 0 Å². The van der Waals surface area contributed by atoms with Gasteiger partial charge in [0.1, 0.15) is 5.76 Å². The van der Waals surface area contributed by atoms with E-state index in [1.807, 2.05) is 5.48 Å². The summed E-state index contributed by atoms with van der Waals surface area (Å²) < 4.78 is 35.2. The molecule has 1 atom stereocenters. The maximum absolute atomic E-state index is 11.7. The average molecular weight is 153 g/mol. The fourth-order valence-corrected chi connectivity index (χ4v) is 0.620. The molecule has 1 aliphatic rings. The molecule has 0 saturated carbocycles. The zero-order chi connectivity index (χ0) is 7.78. The predicted octanol–water partition coefficient (Wildman–Crippen LogP) is 1.36. The summed E-state index contributed by atoms with van der Waals surface area (Å²) in [4.78, 5) is 4.38. The van der Waals surface area contributed by atoms with Crippen LogP contribution in [0.4, 0.5) is 13.2 Å². The van der Waals surface area contributed by atoms with Crippen LogP contribution in [0, 0.1) is 0 Å². The molecule has 1 unspecified atom stereocenters. The first-order chi connectivity index (χ1) is 4.50. The summed E-state index contributed by atoms with van der Waals surface area (Å²) >= 11 is 0. The zero-order valence-corrected chi connectivity index (χ0v) is 5.20. The Hall–Kier alpha value is -0.710. The molecule has 5 heteroatoms. The molecule has 0 aromatic carbocycles. The first-order valence-electron chi connectivity index (χ1n) is 2.67. The lowest BCUT2D eigenvalue weighted by molar-refractivity contribution is -0.158. The SMILES string of the molecule is CC1=CC(C(F)(F)F)NO1. The molecule has 1 heterocycles. The van der Waals surface area contributed by atoms with E-state index in [9.17, 15) is 13.2 Å². The third-order valence-electron chi connectivity index (χ3n) is 1.10. The second kappa shape index (κ2) is 2.16. The molecule has 1 aliphatic heterocycles. The first kappa shape index (κ1) is 7.40. The molecular weight excluding hydrogens is 147 g/mol. The molecule has 2 nitrogen and oxygen atoms in total. The Bertz CT molecular complexity index is 163. The van der Waals surface area contributed by atoms with Crippen LogP contribution < -0.4 is 5.48 Å². The van der Waals surface area contributed by atoms with Gasteiger partial charge in [-0.05, 0) is 13.0 Å². The second-order valence-electron chi connectivity index (χ2n) is 2.02. The van der Waals surface area contributed by atoms with Crippen molar-refractivity contribution in [3.8, 4) is 0 Å². The van der Waals surface area contributed by atoms with Gasteiger partial charge < -0.3 is 4.84 Å². The highest BCUT2D eigenvalue weighted by molar-refractivity contribution is 5.04. The Morgan fingerprint density at radius 2 is 2.20 bits per heavy atom. The quantitative estimate of drug-likeness (QED) is 0.567. The van der Waals surface area contributed by atoms with Crippen LogP contribution >= 0.6 is 0 Å². The van der Waals surface area contributed by atoms with E-state index in [4.69, 9.17) is 0 Å². The first-order valence-corrected chi connectivity index (χ1v) is 2.67. The van der Waals surface area contributed by atoms with Crippen molar-refractivity contribution in [1.82, 2.24) is 5.48 Å². The Morgan fingerprint density at radius 3 is 2.40 bits per heavy atom. The smallest absolute Gasteiger partial charge is 0.410 e. The molecule has 58 valence electrons. The number of nitrogens with one attached hydrogen (secondary N) is 1. The van der Waals surface area contributed by atoms with Crippen LogP contribution in [0.2, 0.25) is 0 Å². The molecule has 1 rings (SSSR count). The van der Waals surface area contributed by atoms with E-state index in [0.717, 1.165) is 6.08 Å². The number of allylic oxidation sites excluding steroid dienone is 1. The molecule has 0 fully saturated rings. The average Bonchev–Trinajstić information content (AvgIpc) is 2.11. The summed E-state index contributed by atoms with van der Waals surface area (Å²) in [5, 5.41) is 0. The summed E-state index contributed by atoms with van der Waals surface area (Å²) in [7, 11) is 0. The fraction of sp³-hybridized carbons (Fsp3) is 0.600. The van der Waals surface area contributed by atoms with Crippen LogP contribution in [0.1, 0.15) is 6.92 Å². The van der Waals surface area contributed by atoms with Gasteiger partial charge in [-0.15, -0.1) is 5.48 Å². The maximum atomic E-state index is 11.7. The van der Waals surface area contributed by atoms with Crippen molar-refractivity contribution < 1.29 is 18.0 Å². The maximum Gasteiger partial charge on any atom is 0.410 e. The van der Waals surface area contributed by atoms with Gasteiger partial charge in [0.25, 0.3) is 0 Å². The zero-order valence-electron chi connectivity index (χ0n) is 5.20. The number of hydrogen-bond donors (Lipinski definition) is 1. The van der Waals surface area contributed by atoms with Crippen molar-refractivity contribution in [2.75, 3.05) is 0 Å². The van der Waals surface area contributed by atoms with E-state index in [0.29, 0.717) is 0 Å². The van der Waals surface area contributed by atoms with Gasteiger partial charge in [0.2, 0.25) is 0 Å². The van der Waals surface area contributed by atoms with E-state index in [2.05, 4.69) is 4.84 Å². The highest BCUT2D eigenvalue weighted by Gasteiger charge is 2.41. The number of alkyl halides is 3. The molecule has 10 heavy (non-hydrogen) atoms. The van der Waals surface area contributed by atoms with E-state index < -0.39 is 12.2 Å². The number of hydrogen-bond acceptors (Lipinski definition) is 2. The molecule has 1 N–H and O–H groups in total.